The summed E-state index contributed by atoms with van der Waals surface area (Å²) in [6.45, 7) is 10.9. The molecule has 0 aromatic carbocycles. The van der Waals surface area contributed by atoms with E-state index in [1.807, 2.05) is 7.05 Å². The van der Waals surface area contributed by atoms with Crippen LogP contribution in [0.15, 0.2) is 48.6 Å². The summed E-state index contributed by atoms with van der Waals surface area (Å²) in [5.41, 5.74) is 0. The number of allylic oxidation sites excluding steroid dienone is 8. The van der Waals surface area contributed by atoms with Crippen molar-refractivity contribution in [2.75, 3.05) is 39.8 Å². The van der Waals surface area contributed by atoms with Crippen molar-refractivity contribution in [3.63, 3.8) is 0 Å². The number of carbonyl (C=O) groups is 1. The van der Waals surface area contributed by atoms with Gasteiger partial charge in [-0.2, -0.15) is 0 Å². The fraction of sp³-hybridized carbons (Fsp3) is 0.809. The van der Waals surface area contributed by atoms with Crippen molar-refractivity contribution in [3.8, 4) is 0 Å². The summed E-state index contributed by atoms with van der Waals surface area (Å²) >= 11 is 0. The fourth-order valence-electron chi connectivity index (χ4n) is 6.40. The Kier molecular flexibility index (Phi) is 42.0. The van der Waals surface area contributed by atoms with E-state index >= 15 is 0 Å². The number of rotatable bonds is 40. The summed E-state index contributed by atoms with van der Waals surface area (Å²) in [5, 5.41) is 3.23. The van der Waals surface area contributed by atoms with Crippen LogP contribution in [0.1, 0.15) is 201 Å². The van der Waals surface area contributed by atoms with Gasteiger partial charge in [0.05, 0.1) is 0 Å². The molecule has 5 nitrogen and oxygen atoms in total. The lowest BCUT2D eigenvalue weighted by Gasteiger charge is -2.22. The third-order valence-electron chi connectivity index (χ3n) is 9.85. The molecule has 52 heavy (non-hydrogen) atoms. The van der Waals surface area contributed by atoms with Crippen LogP contribution < -0.4 is 5.32 Å². The number of unbranched alkanes of at least 4 members (excludes halogenated alkanes) is 19. The molecule has 0 saturated carbocycles. The molecule has 0 aliphatic rings. The lowest BCUT2D eigenvalue weighted by atomic mass is 10.0. The lowest BCUT2D eigenvalue weighted by molar-refractivity contribution is 0.0120. The van der Waals surface area contributed by atoms with Gasteiger partial charge in [-0.15, -0.1) is 0 Å². The van der Waals surface area contributed by atoms with Gasteiger partial charge in [0.2, 0.25) is 0 Å². The van der Waals surface area contributed by atoms with Crippen LogP contribution >= 0.6 is 0 Å². The molecule has 0 radical (unpaired) electrons. The summed E-state index contributed by atoms with van der Waals surface area (Å²) in [6, 6.07) is 0. The van der Waals surface area contributed by atoms with Gasteiger partial charge in [-0.1, -0.05) is 153 Å². The Bertz CT molecular complexity index is 780. The summed E-state index contributed by atoms with van der Waals surface area (Å²) in [7, 11) is 1.98. The van der Waals surface area contributed by atoms with Crippen LogP contribution in [0.25, 0.3) is 0 Å². The zero-order valence-electron chi connectivity index (χ0n) is 35.2. The molecule has 0 aliphatic carbocycles. The third kappa shape index (κ3) is 39.4. The normalized spacial score (nSPS) is 12.3. The van der Waals surface area contributed by atoms with Gasteiger partial charge in [0.1, 0.15) is 12.7 Å². The molecule has 0 aliphatic heterocycles. The average molecular weight is 729 g/mol. The molecule has 1 N–H and O–H groups in total. The molecule has 0 aromatic rings. The molecule has 0 saturated heterocycles. The van der Waals surface area contributed by atoms with Gasteiger partial charge in [0.15, 0.2) is 0 Å². The first kappa shape index (κ1) is 50.1. The van der Waals surface area contributed by atoms with E-state index < -0.39 is 6.16 Å². The van der Waals surface area contributed by atoms with Crippen molar-refractivity contribution >= 4 is 6.16 Å². The van der Waals surface area contributed by atoms with E-state index in [0.717, 1.165) is 64.7 Å². The van der Waals surface area contributed by atoms with Gasteiger partial charge in [-0.25, -0.2) is 4.79 Å². The summed E-state index contributed by atoms with van der Waals surface area (Å²) in [6.07, 6.45) is 52.3. The van der Waals surface area contributed by atoms with Crippen LogP contribution in [0.3, 0.4) is 0 Å². The second-order valence-electron chi connectivity index (χ2n) is 14.9. The molecule has 5 heteroatoms. The molecule has 0 heterocycles. The maximum atomic E-state index is 12.7. The van der Waals surface area contributed by atoms with Gasteiger partial charge >= 0.3 is 6.16 Å². The van der Waals surface area contributed by atoms with Crippen LogP contribution in [0.5, 0.6) is 0 Å². The molecule has 0 spiro atoms. The highest BCUT2D eigenvalue weighted by Gasteiger charge is 2.16. The SMILES string of the molecule is CCCCC/C=C\C/C=C\CCCCCCCCC(CCCCCCCC/C=C\C/C=C\CCCCC)OC(=O)OCCN(CCCC)CCNC. The van der Waals surface area contributed by atoms with Crippen molar-refractivity contribution in [2.24, 2.45) is 0 Å². The fourth-order valence-corrected chi connectivity index (χ4v) is 6.40. The summed E-state index contributed by atoms with van der Waals surface area (Å²) in [4.78, 5) is 15.1. The highest BCUT2D eigenvalue weighted by molar-refractivity contribution is 5.60. The number of hydrogen-bond donors (Lipinski definition) is 1. The van der Waals surface area contributed by atoms with Gasteiger partial charge in [-0.3, -0.25) is 4.90 Å². The Labute approximate surface area is 324 Å². The molecular weight excluding hydrogens is 641 g/mol. The maximum Gasteiger partial charge on any atom is 0.508 e. The minimum Gasteiger partial charge on any atom is -0.433 e. The van der Waals surface area contributed by atoms with Crippen LogP contribution in [-0.2, 0) is 9.47 Å². The van der Waals surface area contributed by atoms with E-state index in [-0.39, 0.29) is 6.10 Å². The van der Waals surface area contributed by atoms with Crippen LogP contribution in [0.2, 0.25) is 0 Å². The van der Waals surface area contributed by atoms with Crippen molar-refractivity contribution in [3.05, 3.63) is 48.6 Å². The standard InChI is InChI=1S/C47H88N2O3/c1-5-8-11-13-15-17-19-21-23-25-27-29-31-33-35-37-39-46(52-47(50)51-45-44-49(42-10-7-3)43-41-48-4)40-38-36-34-32-30-28-26-24-22-20-18-16-14-12-9-6-2/h15-18,21-24,46,48H,5-14,19-20,25-45H2,1-4H3/b17-15-,18-16-,23-21-,24-22-. The minimum atomic E-state index is -0.478. The van der Waals surface area contributed by atoms with Crippen LogP contribution in [-0.4, -0.2) is 57.0 Å². The number of hydrogen-bond acceptors (Lipinski definition) is 5. The number of nitrogens with one attached hydrogen (secondary N) is 1. The van der Waals surface area contributed by atoms with Crippen molar-refractivity contribution in [1.29, 1.82) is 0 Å². The first-order valence-corrected chi connectivity index (χ1v) is 22.5. The molecule has 0 fully saturated rings. The first-order chi connectivity index (χ1) is 25.7. The van der Waals surface area contributed by atoms with E-state index in [9.17, 15) is 4.79 Å². The first-order valence-electron chi connectivity index (χ1n) is 22.5. The predicted octanol–water partition coefficient (Wildman–Crippen LogP) is 14.2. The van der Waals surface area contributed by atoms with E-state index in [4.69, 9.17) is 9.47 Å². The zero-order valence-corrected chi connectivity index (χ0v) is 35.2. The Balaban J connectivity index is 4.34. The second kappa shape index (κ2) is 43.6. The molecule has 0 amide bonds. The quantitative estimate of drug-likeness (QED) is 0.0387. The van der Waals surface area contributed by atoms with Gasteiger partial charge in [0, 0.05) is 19.6 Å². The van der Waals surface area contributed by atoms with Gasteiger partial charge in [0.25, 0.3) is 0 Å². The minimum absolute atomic E-state index is 0.0235. The Morgan fingerprint density at radius 2 is 0.942 bits per heavy atom. The number of ether oxygens (including phenoxy) is 2. The smallest absolute Gasteiger partial charge is 0.433 e. The topological polar surface area (TPSA) is 50.8 Å². The van der Waals surface area contributed by atoms with Crippen LogP contribution in [0.4, 0.5) is 4.79 Å². The van der Waals surface area contributed by atoms with E-state index in [1.54, 1.807) is 0 Å². The number of likely N-dealkylation sites (N-methyl/N-ethyl adjacent to an activating group) is 1. The molecule has 0 unspecified atom stereocenters. The zero-order chi connectivity index (χ0) is 37.8. The molecule has 0 bridgehead atoms. The Morgan fingerprint density at radius 3 is 1.38 bits per heavy atom. The molecule has 0 aromatic heterocycles. The molecule has 0 rings (SSSR count). The molecule has 0 atom stereocenters. The largest absolute Gasteiger partial charge is 0.508 e. The van der Waals surface area contributed by atoms with Crippen LogP contribution in [0, 0.1) is 0 Å². The average Bonchev–Trinajstić information content (AvgIpc) is 3.15. The highest BCUT2D eigenvalue weighted by Crippen LogP contribution is 2.18. The maximum absolute atomic E-state index is 12.7. The van der Waals surface area contributed by atoms with E-state index in [1.165, 1.54) is 141 Å². The number of nitrogens with zero attached hydrogens (tertiary/aromatic N) is 1. The lowest BCUT2D eigenvalue weighted by Crippen LogP contribution is -2.35. The van der Waals surface area contributed by atoms with Gasteiger partial charge in [-0.05, 0) is 110 Å². The molecule has 304 valence electrons. The van der Waals surface area contributed by atoms with E-state index in [0.29, 0.717) is 6.61 Å². The predicted molar refractivity (Wildman–Crippen MR) is 229 cm³/mol. The van der Waals surface area contributed by atoms with Crippen molar-refractivity contribution in [2.45, 2.75) is 207 Å². The monoisotopic (exact) mass is 729 g/mol. The van der Waals surface area contributed by atoms with Crippen molar-refractivity contribution < 1.29 is 14.3 Å². The Morgan fingerprint density at radius 1 is 0.519 bits per heavy atom. The third-order valence-corrected chi connectivity index (χ3v) is 9.85. The van der Waals surface area contributed by atoms with Gasteiger partial charge < -0.3 is 14.8 Å². The second-order valence-corrected chi connectivity index (χ2v) is 14.9. The molecular formula is C47H88N2O3. The summed E-state index contributed by atoms with van der Waals surface area (Å²) < 4.78 is 11.5. The van der Waals surface area contributed by atoms with Crippen molar-refractivity contribution in [1.82, 2.24) is 10.2 Å². The highest BCUT2D eigenvalue weighted by atomic mass is 16.7. The van der Waals surface area contributed by atoms with E-state index in [2.05, 4.69) is 79.6 Å². The Hall–Kier alpha value is -1.85. The summed E-state index contributed by atoms with van der Waals surface area (Å²) in [5.74, 6) is 0. The number of carbonyl (C=O) groups excluding carboxylic acids is 1.